The summed E-state index contributed by atoms with van der Waals surface area (Å²) in [6.45, 7) is -0.178. The van der Waals surface area contributed by atoms with E-state index in [1.807, 2.05) is 0 Å². The van der Waals surface area contributed by atoms with Crippen molar-refractivity contribution in [2.75, 3.05) is 26.2 Å². The fourth-order valence-corrected chi connectivity index (χ4v) is 3.98. The van der Waals surface area contributed by atoms with Gasteiger partial charge in [-0.25, -0.2) is 0 Å². The van der Waals surface area contributed by atoms with Gasteiger partial charge < -0.3 is 47.6 Å². The van der Waals surface area contributed by atoms with Crippen molar-refractivity contribution in [1.29, 1.82) is 0 Å². The largest absolute Gasteiger partial charge is 0.481 e. The van der Waals surface area contributed by atoms with Crippen LogP contribution in [0, 0.1) is 0 Å². The molecule has 0 radical (unpaired) electrons. The number of carboxylic acids is 2. The van der Waals surface area contributed by atoms with Gasteiger partial charge in [0, 0.05) is 19.5 Å². The van der Waals surface area contributed by atoms with Gasteiger partial charge in [0.15, 0.2) is 0 Å². The zero-order valence-corrected chi connectivity index (χ0v) is 20.7. The van der Waals surface area contributed by atoms with Gasteiger partial charge in [-0.15, -0.1) is 0 Å². The van der Waals surface area contributed by atoms with E-state index in [1.54, 1.807) is 0 Å². The zero-order valence-electron chi connectivity index (χ0n) is 20.7. The molecule has 15 nitrogen and oxygen atoms in total. The fraction of sp³-hybridized carbons (Fsp3) is 0.727. The van der Waals surface area contributed by atoms with E-state index in [0.29, 0.717) is 45.2 Å². The first kappa shape index (κ1) is 31.7. The molecule has 4 amide bonds. The van der Waals surface area contributed by atoms with Crippen LogP contribution in [0.4, 0.5) is 0 Å². The average molecular weight is 531 g/mol. The third-order valence-electron chi connectivity index (χ3n) is 5.89. The zero-order chi connectivity index (χ0) is 28.0. The van der Waals surface area contributed by atoms with Crippen LogP contribution in [0.5, 0.6) is 0 Å². The normalized spacial score (nSPS) is 17.5. The fourth-order valence-electron chi connectivity index (χ4n) is 3.98. The number of likely N-dealkylation sites (tertiary alicyclic amines) is 1. The van der Waals surface area contributed by atoms with Crippen LogP contribution in [0.2, 0.25) is 0 Å². The molecule has 4 atom stereocenters. The first-order chi connectivity index (χ1) is 17.5. The number of nitrogens with two attached hydrogens (primary N) is 2. The highest BCUT2D eigenvalue weighted by Crippen LogP contribution is 2.19. The van der Waals surface area contributed by atoms with Gasteiger partial charge in [0.25, 0.3) is 0 Å². The molecule has 15 heteroatoms. The van der Waals surface area contributed by atoms with Crippen molar-refractivity contribution < 1.29 is 44.1 Å². The third kappa shape index (κ3) is 11.5. The predicted octanol–water partition coefficient (Wildman–Crippen LogP) is -3.15. The van der Waals surface area contributed by atoms with Gasteiger partial charge in [-0.2, -0.15) is 0 Å². The number of hydrogen-bond acceptors (Lipinski definition) is 9. The molecule has 1 aliphatic heterocycles. The lowest BCUT2D eigenvalue weighted by Gasteiger charge is -2.29. The maximum atomic E-state index is 13.2. The average Bonchev–Trinajstić information content (AvgIpc) is 3.32. The molecule has 37 heavy (non-hydrogen) atoms. The van der Waals surface area contributed by atoms with Gasteiger partial charge in [-0.05, 0) is 32.2 Å². The minimum atomic E-state index is -1.43. The van der Waals surface area contributed by atoms with E-state index in [2.05, 4.69) is 16.0 Å². The number of carboxylic acid groups (broad SMARTS) is 2. The Labute approximate surface area is 214 Å². The highest BCUT2D eigenvalue weighted by molar-refractivity contribution is 5.90. The van der Waals surface area contributed by atoms with Crippen molar-refractivity contribution in [3.05, 3.63) is 0 Å². The number of hydrogen-bond donors (Lipinski definition) is 8. The van der Waals surface area contributed by atoms with Crippen molar-refractivity contribution >= 4 is 35.6 Å². The van der Waals surface area contributed by atoms with Crippen molar-refractivity contribution in [1.82, 2.24) is 20.9 Å². The van der Waals surface area contributed by atoms with Crippen LogP contribution in [-0.4, -0.2) is 106 Å². The molecule has 1 aliphatic rings. The Morgan fingerprint density at radius 1 is 0.973 bits per heavy atom. The van der Waals surface area contributed by atoms with E-state index in [1.165, 1.54) is 4.90 Å². The van der Waals surface area contributed by atoms with Gasteiger partial charge in [0.1, 0.15) is 12.1 Å². The predicted molar refractivity (Wildman–Crippen MR) is 129 cm³/mol. The van der Waals surface area contributed by atoms with E-state index in [0.717, 1.165) is 0 Å². The Balaban J connectivity index is 2.88. The minimum absolute atomic E-state index is 0.142. The summed E-state index contributed by atoms with van der Waals surface area (Å²) in [5.74, 6) is -5.07. The van der Waals surface area contributed by atoms with Crippen LogP contribution >= 0.6 is 0 Å². The Bertz CT molecular complexity index is 824. The second-order valence-corrected chi connectivity index (χ2v) is 8.84. The molecule has 0 bridgehead atoms. The van der Waals surface area contributed by atoms with Gasteiger partial charge in [0.05, 0.1) is 31.5 Å². The van der Waals surface area contributed by atoms with E-state index in [4.69, 9.17) is 16.6 Å². The number of unbranched alkanes of at least 4 members (excludes halogenated alkanes) is 1. The molecule has 0 aromatic rings. The molecule has 1 fully saturated rings. The number of aliphatic carboxylic acids is 2. The number of nitrogens with zero attached hydrogens (tertiary/aromatic N) is 1. The Hall–Kier alpha value is -3.30. The molecule has 0 saturated carbocycles. The lowest BCUT2D eigenvalue weighted by molar-refractivity contribution is -0.139. The first-order valence-electron chi connectivity index (χ1n) is 12.2. The quantitative estimate of drug-likeness (QED) is 0.0821. The van der Waals surface area contributed by atoms with Crippen molar-refractivity contribution in [3.63, 3.8) is 0 Å². The van der Waals surface area contributed by atoms with E-state index in [9.17, 15) is 39.0 Å². The highest BCUT2D eigenvalue weighted by Gasteiger charge is 2.36. The molecule has 1 heterocycles. The second-order valence-electron chi connectivity index (χ2n) is 8.84. The summed E-state index contributed by atoms with van der Waals surface area (Å²) in [5, 5.41) is 35.1. The van der Waals surface area contributed by atoms with Crippen LogP contribution in [0.1, 0.15) is 51.4 Å². The smallest absolute Gasteiger partial charge is 0.305 e. The summed E-state index contributed by atoms with van der Waals surface area (Å²) in [6.07, 6.45) is 1.24. The monoisotopic (exact) mass is 530 g/mol. The third-order valence-corrected chi connectivity index (χ3v) is 5.89. The summed E-state index contributed by atoms with van der Waals surface area (Å²) in [4.78, 5) is 72.8. The maximum Gasteiger partial charge on any atom is 0.305 e. The molecule has 0 aliphatic carbocycles. The number of nitrogens with one attached hydrogen (secondary N) is 3. The number of aliphatic hydroxyl groups is 1. The van der Waals surface area contributed by atoms with Gasteiger partial charge >= 0.3 is 11.9 Å². The van der Waals surface area contributed by atoms with Crippen molar-refractivity contribution in [2.24, 2.45) is 11.5 Å². The van der Waals surface area contributed by atoms with Gasteiger partial charge in [0.2, 0.25) is 23.6 Å². The summed E-state index contributed by atoms with van der Waals surface area (Å²) in [7, 11) is 0. The molecule has 1 saturated heterocycles. The van der Waals surface area contributed by atoms with Crippen molar-refractivity contribution in [3.8, 4) is 0 Å². The number of amides is 4. The highest BCUT2D eigenvalue weighted by atomic mass is 16.4. The van der Waals surface area contributed by atoms with E-state index < -0.39 is 79.7 Å². The van der Waals surface area contributed by atoms with Gasteiger partial charge in [-0.1, -0.05) is 6.42 Å². The lowest BCUT2D eigenvalue weighted by atomic mass is 10.1. The van der Waals surface area contributed by atoms with Crippen molar-refractivity contribution in [2.45, 2.75) is 75.5 Å². The lowest BCUT2D eigenvalue weighted by Crippen LogP contribution is -2.56. The number of carbonyl (C=O) groups is 6. The maximum absolute atomic E-state index is 13.2. The molecule has 10 N–H and O–H groups in total. The topological polar surface area (TPSA) is 254 Å². The molecule has 4 unspecified atom stereocenters. The summed E-state index contributed by atoms with van der Waals surface area (Å²) < 4.78 is 0. The van der Waals surface area contributed by atoms with Crippen LogP contribution in [-0.2, 0) is 28.8 Å². The number of primary amides is 1. The molecule has 0 spiro atoms. The van der Waals surface area contributed by atoms with Gasteiger partial charge in [-0.3, -0.25) is 28.8 Å². The number of rotatable bonds is 18. The van der Waals surface area contributed by atoms with E-state index in [-0.39, 0.29) is 12.5 Å². The summed E-state index contributed by atoms with van der Waals surface area (Å²) in [6, 6.07) is -3.97. The SMILES string of the molecule is NCCCCC(NCC(CC(=O)O)NC(=O)C(CO)NC(=O)CCC(=O)O)C(=O)N1CCCC1C(N)=O. The summed E-state index contributed by atoms with van der Waals surface area (Å²) in [5.41, 5.74) is 11.0. The molecule has 1 rings (SSSR count). The Morgan fingerprint density at radius 2 is 1.68 bits per heavy atom. The van der Waals surface area contributed by atoms with Crippen LogP contribution < -0.4 is 27.4 Å². The molecular weight excluding hydrogens is 492 g/mol. The number of carbonyl (C=O) groups excluding carboxylic acids is 4. The standard InChI is InChI=1S/C22H38N6O9/c23-8-2-1-4-14(22(37)28-9-3-5-16(28)20(24)35)25-11-13(10-19(33)34)26-21(36)15(12-29)27-17(30)6-7-18(31)32/h13-16,25,29H,1-12,23H2,(H2,24,35)(H,26,36)(H,27,30)(H,31,32)(H,33,34). The Morgan fingerprint density at radius 3 is 2.24 bits per heavy atom. The van der Waals surface area contributed by atoms with Crippen LogP contribution in [0.3, 0.4) is 0 Å². The summed E-state index contributed by atoms with van der Waals surface area (Å²) >= 11 is 0. The molecule has 0 aromatic carbocycles. The first-order valence-corrected chi connectivity index (χ1v) is 12.2. The van der Waals surface area contributed by atoms with E-state index >= 15 is 0 Å². The molecule has 210 valence electrons. The van der Waals surface area contributed by atoms with Crippen LogP contribution in [0.25, 0.3) is 0 Å². The second kappa shape index (κ2) is 16.4. The Kier molecular flexibility index (Phi) is 14.1. The minimum Gasteiger partial charge on any atom is -0.481 e. The number of aliphatic hydroxyl groups excluding tert-OH is 1. The van der Waals surface area contributed by atoms with Crippen LogP contribution in [0.15, 0.2) is 0 Å². The molecule has 0 aromatic heterocycles. The molecular formula is C22H38N6O9.